The van der Waals surface area contributed by atoms with Crippen LogP contribution in [-0.2, 0) is 0 Å². The molecule has 4 aliphatic carbocycles. The molecule has 0 unspecified atom stereocenters. The average Bonchev–Trinajstić information content (AvgIpc) is 2.37. The third-order valence-corrected chi connectivity index (χ3v) is 6.29. The predicted molar refractivity (Wildman–Crippen MR) is 78.5 cm³/mol. The maximum atomic E-state index is 8.79. The van der Waals surface area contributed by atoms with Gasteiger partial charge in [-0.1, -0.05) is 0 Å². The lowest BCUT2D eigenvalue weighted by Crippen LogP contribution is -2.51. The van der Waals surface area contributed by atoms with Gasteiger partial charge in [-0.25, -0.2) is 0 Å². The van der Waals surface area contributed by atoms with Crippen molar-refractivity contribution in [3.05, 3.63) is 0 Å². The van der Waals surface area contributed by atoms with Crippen LogP contribution in [0, 0.1) is 45.3 Å². The molecule has 4 bridgehead atoms. The lowest BCUT2D eigenvalue weighted by atomic mass is 9.42. The molecule has 0 N–H and O–H groups in total. The van der Waals surface area contributed by atoms with Crippen molar-refractivity contribution in [1.29, 1.82) is 10.5 Å². The molecule has 0 amide bonds. The van der Waals surface area contributed by atoms with E-state index in [4.69, 9.17) is 10.5 Å². The van der Waals surface area contributed by atoms with Crippen LogP contribution in [0.5, 0.6) is 0 Å². The second-order valence-corrected chi connectivity index (χ2v) is 7.98. The summed E-state index contributed by atoms with van der Waals surface area (Å²) in [6.45, 7) is 0. The zero-order valence-corrected chi connectivity index (χ0v) is 12.5. The number of rotatable bonds is 6. The highest BCUT2D eigenvalue weighted by atomic mass is 14.6. The van der Waals surface area contributed by atoms with Crippen molar-refractivity contribution in [3.8, 4) is 12.1 Å². The van der Waals surface area contributed by atoms with E-state index in [0.717, 1.165) is 37.5 Å². The molecule has 0 aliphatic heterocycles. The summed E-state index contributed by atoms with van der Waals surface area (Å²) in [6.07, 6.45) is 14.9. The summed E-state index contributed by atoms with van der Waals surface area (Å²) in [5.41, 5.74) is 1.15. The fourth-order valence-electron chi connectivity index (χ4n) is 6.32. The van der Waals surface area contributed by atoms with Crippen LogP contribution in [0.1, 0.15) is 77.0 Å². The van der Waals surface area contributed by atoms with Crippen LogP contribution in [0.3, 0.4) is 0 Å². The first kappa shape index (κ1) is 13.9. The standard InChI is InChI=1S/C18H26N2/c19-7-3-1-5-17-10-15-9-16(11-17)13-18(12-15,14-17)6-2-4-8-20/h15-16H,1-6,9-14H2. The molecule has 0 heterocycles. The van der Waals surface area contributed by atoms with Gasteiger partial charge in [0, 0.05) is 12.8 Å². The molecular weight excluding hydrogens is 244 g/mol. The van der Waals surface area contributed by atoms with Gasteiger partial charge in [0.05, 0.1) is 12.1 Å². The molecule has 0 saturated heterocycles. The summed E-state index contributed by atoms with van der Waals surface area (Å²) in [7, 11) is 0. The molecule has 4 saturated carbocycles. The Hall–Kier alpha value is -1.02. The lowest BCUT2D eigenvalue weighted by molar-refractivity contribution is -0.118. The highest BCUT2D eigenvalue weighted by Gasteiger charge is 2.56. The largest absolute Gasteiger partial charge is 0.198 e. The van der Waals surface area contributed by atoms with Gasteiger partial charge in [-0.05, 0) is 86.9 Å². The number of nitriles is 2. The number of hydrogen-bond donors (Lipinski definition) is 0. The van der Waals surface area contributed by atoms with Crippen molar-refractivity contribution in [1.82, 2.24) is 0 Å². The Morgan fingerprint density at radius 1 is 0.800 bits per heavy atom. The molecule has 4 fully saturated rings. The molecule has 0 radical (unpaired) electrons. The van der Waals surface area contributed by atoms with E-state index in [-0.39, 0.29) is 0 Å². The summed E-state index contributed by atoms with van der Waals surface area (Å²) in [5, 5.41) is 17.6. The van der Waals surface area contributed by atoms with Crippen LogP contribution in [0.4, 0.5) is 0 Å². The predicted octanol–water partition coefficient (Wildman–Crippen LogP) is 4.96. The smallest absolute Gasteiger partial charge is 0.0621 e. The summed E-state index contributed by atoms with van der Waals surface area (Å²) in [5.74, 6) is 1.92. The number of nitrogens with zero attached hydrogens (tertiary/aromatic N) is 2. The minimum atomic E-state index is 0.577. The quantitative estimate of drug-likeness (QED) is 0.640. The van der Waals surface area contributed by atoms with E-state index < -0.39 is 0 Å². The highest BCUT2D eigenvalue weighted by molar-refractivity contribution is 5.07. The van der Waals surface area contributed by atoms with Gasteiger partial charge in [0.15, 0.2) is 0 Å². The molecule has 0 aromatic heterocycles. The monoisotopic (exact) mass is 270 g/mol. The molecule has 4 rings (SSSR count). The van der Waals surface area contributed by atoms with Crippen molar-refractivity contribution < 1.29 is 0 Å². The molecule has 0 spiro atoms. The van der Waals surface area contributed by atoms with Crippen molar-refractivity contribution in [2.24, 2.45) is 22.7 Å². The van der Waals surface area contributed by atoms with Crippen molar-refractivity contribution in [2.75, 3.05) is 0 Å². The SMILES string of the molecule is N#CCCCC12CC3CC(C1)CC(CCCC#N)(C3)C2. The van der Waals surface area contributed by atoms with Gasteiger partial charge in [-0.3, -0.25) is 0 Å². The van der Waals surface area contributed by atoms with Crippen molar-refractivity contribution >= 4 is 0 Å². The molecule has 108 valence electrons. The minimum absolute atomic E-state index is 0.577. The van der Waals surface area contributed by atoms with E-state index in [9.17, 15) is 0 Å². The Morgan fingerprint density at radius 2 is 1.25 bits per heavy atom. The van der Waals surface area contributed by atoms with Gasteiger partial charge >= 0.3 is 0 Å². The zero-order chi connectivity index (χ0) is 14.1. The van der Waals surface area contributed by atoms with Gasteiger partial charge in [0.2, 0.25) is 0 Å². The second kappa shape index (κ2) is 5.40. The van der Waals surface area contributed by atoms with E-state index in [2.05, 4.69) is 12.1 Å². The Morgan fingerprint density at radius 3 is 1.65 bits per heavy atom. The number of unbranched alkanes of at least 4 members (excludes halogenated alkanes) is 2. The van der Waals surface area contributed by atoms with Gasteiger partial charge in [-0.2, -0.15) is 10.5 Å². The van der Waals surface area contributed by atoms with Crippen LogP contribution in [-0.4, -0.2) is 0 Å². The maximum absolute atomic E-state index is 8.79. The minimum Gasteiger partial charge on any atom is -0.198 e. The van der Waals surface area contributed by atoms with E-state index in [1.165, 1.54) is 51.4 Å². The lowest BCUT2D eigenvalue weighted by Gasteiger charge is -2.63. The van der Waals surface area contributed by atoms with E-state index in [0.29, 0.717) is 10.8 Å². The Kier molecular flexibility index (Phi) is 3.76. The van der Waals surface area contributed by atoms with Crippen molar-refractivity contribution in [2.45, 2.75) is 77.0 Å². The van der Waals surface area contributed by atoms with Gasteiger partial charge < -0.3 is 0 Å². The summed E-state index contributed by atoms with van der Waals surface area (Å²) < 4.78 is 0. The fraction of sp³-hybridized carbons (Fsp3) is 0.889. The molecule has 0 aromatic carbocycles. The van der Waals surface area contributed by atoms with E-state index in [1.807, 2.05) is 0 Å². The molecule has 2 nitrogen and oxygen atoms in total. The maximum Gasteiger partial charge on any atom is 0.0621 e. The number of hydrogen-bond acceptors (Lipinski definition) is 2. The first-order valence-electron chi connectivity index (χ1n) is 8.43. The average molecular weight is 270 g/mol. The van der Waals surface area contributed by atoms with Gasteiger partial charge in [0.25, 0.3) is 0 Å². The Balaban J connectivity index is 1.69. The van der Waals surface area contributed by atoms with Crippen molar-refractivity contribution in [3.63, 3.8) is 0 Å². The normalized spacial score (nSPS) is 41.3. The zero-order valence-electron chi connectivity index (χ0n) is 12.5. The summed E-state index contributed by atoms with van der Waals surface area (Å²) in [6, 6.07) is 4.63. The van der Waals surface area contributed by atoms with Gasteiger partial charge in [0.1, 0.15) is 0 Å². The first-order chi connectivity index (χ1) is 9.69. The molecule has 20 heavy (non-hydrogen) atoms. The molecular formula is C18H26N2. The fourth-order valence-corrected chi connectivity index (χ4v) is 6.32. The second-order valence-electron chi connectivity index (χ2n) is 7.98. The van der Waals surface area contributed by atoms with Crippen LogP contribution < -0.4 is 0 Å². The molecule has 0 aromatic rings. The molecule has 4 aliphatic rings. The first-order valence-corrected chi connectivity index (χ1v) is 8.43. The van der Waals surface area contributed by atoms with Gasteiger partial charge in [-0.15, -0.1) is 0 Å². The molecule has 2 heteroatoms. The summed E-state index contributed by atoms with van der Waals surface area (Å²) in [4.78, 5) is 0. The third kappa shape index (κ3) is 2.58. The summed E-state index contributed by atoms with van der Waals surface area (Å²) >= 11 is 0. The van der Waals surface area contributed by atoms with Crippen LogP contribution in [0.25, 0.3) is 0 Å². The highest BCUT2D eigenvalue weighted by Crippen LogP contribution is 2.67. The van der Waals surface area contributed by atoms with E-state index in [1.54, 1.807) is 0 Å². The van der Waals surface area contributed by atoms with E-state index >= 15 is 0 Å². The topological polar surface area (TPSA) is 47.6 Å². The molecule has 0 atom stereocenters. The Bertz CT molecular complexity index is 387. The Labute approximate surface area is 123 Å². The van der Waals surface area contributed by atoms with Crippen LogP contribution >= 0.6 is 0 Å². The third-order valence-electron chi connectivity index (χ3n) is 6.29. The van der Waals surface area contributed by atoms with Crippen LogP contribution in [0.2, 0.25) is 0 Å². The van der Waals surface area contributed by atoms with Crippen LogP contribution in [0.15, 0.2) is 0 Å².